The zero-order valence-electron chi connectivity index (χ0n) is 16.4. The van der Waals surface area contributed by atoms with Gasteiger partial charge >= 0.3 is 6.01 Å². The monoisotopic (exact) mass is 407 g/mol. The highest BCUT2D eigenvalue weighted by atomic mass is 35.5. The normalized spacial score (nSPS) is 11.2. The maximum absolute atomic E-state index is 10.3. The average Bonchev–Trinajstić information content (AvgIpc) is 3.03. The second-order valence-corrected chi connectivity index (χ2v) is 7.27. The molecule has 0 bridgehead atoms. The van der Waals surface area contributed by atoms with Gasteiger partial charge in [-0.2, -0.15) is 0 Å². The van der Waals surface area contributed by atoms with Crippen LogP contribution in [-0.2, 0) is 13.2 Å². The molecule has 0 atom stereocenters. The predicted octanol–water partition coefficient (Wildman–Crippen LogP) is 5.00. The van der Waals surface area contributed by atoms with Gasteiger partial charge in [0, 0.05) is 46.0 Å². The van der Waals surface area contributed by atoms with Crippen LogP contribution in [0.4, 0.5) is 0 Å². The lowest BCUT2D eigenvalue weighted by molar-refractivity contribution is 0.273. The van der Waals surface area contributed by atoms with Crippen molar-refractivity contribution >= 4 is 22.5 Å². The van der Waals surface area contributed by atoms with Crippen molar-refractivity contribution in [3.63, 3.8) is 0 Å². The van der Waals surface area contributed by atoms with Crippen molar-refractivity contribution in [3.05, 3.63) is 76.7 Å². The minimum atomic E-state index is -0.110. The Labute approximate surface area is 174 Å². The summed E-state index contributed by atoms with van der Waals surface area (Å²) in [4.78, 5) is 8.62. The fourth-order valence-electron chi connectivity index (χ4n) is 3.63. The molecule has 0 radical (unpaired) electrons. The zero-order valence-corrected chi connectivity index (χ0v) is 17.1. The van der Waals surface area contributed by atoms with Gasteiger partial charge in [0.25, 0.3) is 0 Å². The molecule has 0 amide bonds. The summed E-state index contributed by atoms with van der Waals surface area (Å²) in [6.07, 6.45) is 3.49. The summed E-state index contributed by atoms with van der Waals surface area (Å²) in [6, 6.07) is 14.4. The summed E-state index contributed by atoms with van der Waals surface area (Å²) in [5.74, 6) is 0. The van der Waals surface area contributed by atoms with E-state index in [0.29, 0.717) is 24.2 Å². The lowest BCUT2D eigenvalue weighted by atomic mass is 10.0. The molecule has 0 spiro atoms. The zero-order chi connectivity index (χ0) is 20.4. The van der Waals surface area contributed by atoms with Crippen molar-refractivity contribution in [1.82, 2.24) is 14.5 Å². The third-order valence-electron chi connectivity index (χ3n) is 4.95. The van der Waals surface area contributed by atoms with Gasteiger partial charge in [0.05, 0.1) is 18.9 Å². The van der Waals surface area contributed by atoms with Gasteiger partial charge in [-0.05, 0) is 37.6 Å². The molecule has 1 N–H and O–H groups in total. The Morgan fingerprint density at radius 1 is 1.10 bits per heavy atom. The molecule has 4 rings (SSSR count). The number of aliphatic hydroxyl groups is 1. The van der Waals surface area contributed by atoms with E-state index in [1.54, 1.807) is 12.4 Å². The van der Waals surface area contributed by atoms with Crippen LogP contribution >= 0.6 is 11.6 Å². The highest BCUT2D eigenvalue weighted by molar-refractivity contribution is 6.31. The quantitative estimate of drug-likeness (QED) is 0.488. The molecular formula is C23H22ClN3O2. The first-order valence-electron chi connectivity index (χ1n) is 9.53. The van der Waals surface area contributed by atoms with Gasteiger partial charge in [-0.25, -0.2) is 9.97 Å². The Morgan fingerprint density at radius 3 is 2.55 bits per heavy atom. The third-order valence-corrected chi connectivity index (χ3v) is 5.32. The van der Waals surface area contributed by atoms with Crippen molar-refractivity contribution in [2.45, 2.75) is 27.0 Å². The number of benzene rings is 2. The van der Waals surface area contributed by atoms with Crippen molar-refractivity contribution in [2.24, 2.45) is 0 Å². The fraction of sp³-hybridized carbons (Fsp3) is 0.217. The number of rotatable bonds is 6. The first-order chi connectivity index (χ1) is 14.1. The summed E-state index contributed by atoms with van der Waals surface area (Å²) in [7, 11) is 0. The number of nitrogens with zero attached hydrogens (tertiary/aromatic N) is 3. The number of hydrogen-bond donors (Lipinski definition) is 1. The number of aryl methyl sites for hydroxylation is 1. The molecule has 6 heteroatoms. The molecule has 0 aliphatic heterocycles. The topological polar surface area (TPSA) is 60.2 Å². The van der Waals surface area contributed by atoms with E-state index in [-0.39, 0.29) is 6.61 Å². The van der Waals surface area contributed by atoms with Crippen LogP contribution in [0.2, 0.25) is 5.02 Å². The van der Waals surface area contributed by atoms with Crippen LogP contribution in [0.25, 0.3) is 22.0 Å². The largest absolute Gasteiger partial charge is 0.464 e. The smallest absolute Gasteiger partial charge is 0.316 e. The van der Waals surface area contributed by atoms with Gasteiger partial charge in [-0.3, -0.25) is 0 Å². The van der Waals surface area contributed by atoms with Gasteiger partial charge in [0.1, 0.15) is 0 Å². The van der Waals surface area contributed by atoms with E-state index in [1.165, 1.54) is 0 Å². The maximum Gasteiger partial charge on any atom is 0.316 e. The minimum absolute atomic E-state index is 0.110. The van der Waals surface area contributed by atoms with E-state index in [0.717, 1.165) is 38.9 Å². The Kier molecular flexibility index (Phi) is 5.51. The lowest BCUT2D eigenvalue weighted by Gasteiger charge is -2.12. The van der Waals surface area contributed by atoms with E-state index < -0.39 is 0 Å². The molecule has 0 aliphatic rings. The van der Waals surface area contributed by atoms with Crippen LogP contribution < -0.4 is 4.74 Å². The molecule has 0 fully saturated rings. The number of aliphatic hydroxyl groups excluding tert-OH is 1. The summed E-state index contributed by atoms with van der Waals surface area (Å²) in [5, 5.41) is 12.1. The molecule has 2 aromatic carbocycles. The highest BCUT2D eigenvalue weighted by Crippen LogP contribution is 2.36. The molecule has 2 aromatic heterocycles. The first-order valence-corrected chi connectivity index (χ1v) is 9.91. The van der Waals surface area contributed by atoms with Crippen molar-refractivity contribution in [3.8, 4) is 17.1 Å². The van der Waals surface area contributed by atoms with E-state index in [1.807, 2.05) is 31.2 Å². The highest BCUT2D eigenvalue weighted by Gasteiger charge is 2.19. The van der Waals surface area contributed by atoms with Crippen LogP contribution in [0, 0.1) is 6.92 Å². The van der Waals surface area contributed by atoms with Gasteiger partial charge in [-0.15, -0.1) is 0 Å². The SMILES string of the molecule is CCOc1ncc(-c2c(CO)n(Cc3ccccc3Cl)c3ccc(C)cc23)cn1. The first kappa shape index (κ1) is 19.4. The molecule has 0 aliphatic carbocycles. The molecule has 5 nitrogen and oxygen atoms in total. The molecule has 148 valence electrons. The second-order valence-electron chi connectivity index (χ2n) is 6.87. The molecule has 0 unspecified atom stereocenters. The third kappa shape index (κ3) is 3.71. The van der Waals surface area contributed by atoms with Gasteiger partial charge in [-0.1, -0.05) is 41.4 Å². The fourth-order valence-corrected chi connectivity index (χ4v) is 3.83. The molecule has 2 heterocycles. The Hall–Kier alpha value is -2.89. The number of ether oxygens (including phenoxy) is 1. The number of halogens is 1. The van der Waals surface area contributed by atoms with Gasteiger partial charge in [0.15, 0.2) is 0 Å². The van der Waals surface area contributed by atoms with Crippen LogP contribution in [-0.4, -0.2) is 26.2 Å². The summed E-state index contributed by atoms with van der Waals surface area (Å²) < 4.78 is 7.48. The van der Waals surface area contributed by atoms with Crippen molar-refractivity contribution in [1.29, 1.82) is 0 Å². The minimum Gasteiger partial charge on any atom is -0.464 e. The second kappa shape index (κ2) is 8.23. The maximum atomic E-state index is 10.3. The number of aromatic nitrogens is 3. The van der Waals surface area contributed by atoms with E-state index in [2.05, 4.69) is 39.7 Å². The van der Waals surface area contributed by atoms with Crippen LogP contribution in [0.1, 0.15) is 23.7 Å². The Bertz CT molecular complexity index is 1150. The van der Waals surface area contributed by atoms with Crippen LogP contribution in [0.15, 0.2) is 54.9 Å². The van der Waals surface area contributed by atoms with Crippen molar-refractivity contribution in [2.75, 3.05) is 6.61 Å². The number of hydrogen-bond acceptors (Lipinski definition) is 4. The van der Waals surface area contributed by atoms with Crippen molar-refractivity contribution < 1.29 is 9.84 Å². The molecule has 0 saturated heterocycles. The molecule has 4 aromatic rings. The summed E-state index contributed by atoms with van der Waals surface area (Å²) >= 11 is 6.41. The summed E-state index contributed by atoms with van der Waals surface area (Å²) in [5.41, 5.74) is 5.75. The van der Waals surface area contributed by atoms with E-state index in [9.17, 15) is 5.11 Å². The number of fused-ring (bicyclic) bond motifs is 1. The molecule has 29 heavy (non-hydrogen) atoms. The molecular weight excluding hydrogens is 386 g/mol. The average molecular weight is 408 g/mol. The predicted molar refractivity (Wildman–Crippen MR) is 115 cm³/mol. The standard InChI is InChI=1S/C23H22ClN3O2/c1-3-29-23-25-11-17(12-26-23)22-18-10-15(2)8-9-20(18)27(21(22)14-28)13-16-6-4-5-7-19(16)24/h4-12,28H,3,13-14H2,1-2H3. The lowest BCUT2D eigenvalue weighted by Crippen LogP contribution is -2.05. The van der Waals surface area contributed by atoms with Gasteiger partial charge < -0.3 is 14.4 Å². The summed E-state index contributed by atoms with van der Waals surface area (Å²) in [6.45, 7) is 4.92. The van der Waals surface area contributed by atoms with Gasteiger partial charge in [0.2, 0.25) is 0 Å². The van der Waals surface area contributed by atoms with Crippen LogP contribution in [0.3, 0.4) is 0 Å². The Morgan fingerprint density at radius 2 is 1.86 bits per heavy atom. The van der Waals surface area contributed by atoms with Crippen LogP contribution in [0.5, 0.6) is 6.01 Å². The Balaban J connectivity index is 1.92. The molecule has 0 saturated carbocycles. The van der Waals surface area contributed by atoms with E-state index in [4.69, 9.17) is 16.3 Å². The van der Waals surface area contributed by atoms with E-state index >= 15 is 0 Å².